The van der Waals surface area contributed by atoms with E-state index in [9.17, 15) is 4.79 Å². The van der Waals surface area contributed by atoms with Crippen molar-refractivity contribution in [3.8, 4) is 11.5 Å². The molecule has 116 valence electrons. The predicted molar refractivity (Wildman–Crippen MR) is 84.4 cm³/mol. The Kier molecular flexibility index (Phi) is 5.42. The van der Waals surface area contributed by atoms with Crippen LogP contribution in [-0.4, -0.2) is 26.8 Å². The second-order valence-corrected chi connectivity index (χ2v) is 4.97. The Hall–Kier alpha value is -2.49. The fourth-order valence-electron chi connectivity index (χ4n) is 2.09. The maximum absolute atomic E-state index is 12.0. The van der Waals surface area contributed by atoms with Crippen LogP contribution < -0.4 is 9.47 Å². The Morgan fingerprint density at radius 3 is 2.09 bits per heavy atom. The standard InChI is InChI=1S/C18H20O4/c1-13-4-8-16(9-5-13)22-12-17(18(19)21-3)14-6-10-15(20-2)11-7-14/h4-11,17H,12H2,1-3H3. The summed E-state index contributed by atoms with van der Waals surface area (Å²) in [5.41, 5.74) is 1.99. The van der Waals surface area contributed by atoms with Crippen LogP contribution in [0.2, 0.25) is 0 Å². The zero-order chi connectivity index (χ0) is 15.9. The minimum Gasteiger partial charge on any atom is -0.497 e. The minimum atomic E-state index is -0.475. The van der Waals surface area contributed by atoms with Crippen molar-refractivity contribution < 1.29 is 19.0 Å². The van der Waals surface area contributed by atoms with Crippen LogP contribution in [0.4, 0.5) is 0 Å². The first-order valence-corrected chi connectivity index (χ1v) is 7.05. The molecule has 0 saturated carbocycles. The second kappa shape index (κ2) is 7.50. The molecule has 0 radical (unpaired) electrons. The van der Waals surface area contributed by atoms with Crippen LogP contribution in [0.15, 0.2) is 48.5 Å². The molecule has 0 fully saturated rings. The topological polar surface area (TPSA) is 44.8 Å². The minimum absolute atomic E-state index is 0.224. The average Bonchev–Trinajstić information content (AvgIpc) is 2.57. The molecule has 0 aliphatic carbocycles. The van der Waals surface area contributed by atoms with E-state index in [1.807, 2.05) is 55.5 Å². The van der Waals surface area contributed by atoms with Gasteiger partial charge in [-0.3, -0.25) is 4.79 Å². The summed E-state index contributed by atoms with van der Waals surface area (Å²) in [6, 6.07) is 15.0. The summed E-state index contributed by atoms with van der Waals surface area (Å²) in [6.45, 7) is 2.24. The van der Waals surface area contributed by atoms with Gasteiger partial charge < -0.3 is 14.2 Å². The van der Waals surface area contributed by atoms with Gasteiger partial charge in [0.2, 0.25) is 0 Å². The van der Waals surface area contributed by atoms with Crippen molar-refractivity contribution in [3.63, 3.8) is 0 Å². The Morgan fingerprint density at radius 2 is 1.55 bits per heavy atom. The number of hydrogen-bond donors (Lipinski definition) is 0. The molecule has 2 aromatic carbocycles. The molecular formula is C18H20O4. The molecule has 1 unspecified atom stereocenters. The van der Waals surface area contributed by atoms with Gasteiger partial charge in [-0.1, -0.05) is 29.8 Å². The largest absolute Gasteiger partial charge is 0.497 e. The van der Waals surface area contributed by atoms with Gasteiger partial charge in [-0.25, -0.2) is 0 Å². The Bertz CT molecular complexity index is 602. The van der Waals surface area contributed by atoms with E-state index in [2.05, 4.69) is 0 Å². The van der Waals surface area contributed by atoms with E-state index in [1.54, 1.807) is 7.11 Å². The van der Waals surface area contributed by atoms with E-state index in [0.717, 1.165) is 22.6 Å². The molecule has 0 amide bonds. The molecule has 2 aromatic rings. The molecule has 0 saturated heterocycles. The Balaban J connectivity index is 2.11. The highest BCUT2D eigenvalue weighted by atomic mass is 16.5. The third-order valence-electron chi connectivity index (χ3n) is 3.44. The van der Waals surface area contributed by atoms with Crippen molar-refractivity contribution in [3.05, 3.63) is 59.7 Å². The molecule has 0 aliphatic rings. The lowest BCUT2D eigenvalue weighted by Gasteiger charge is -2.16. The van der Waals surface area contributed by atoms with Gasteiger partial charge in [-0.15, -0.1) is 0 Å². The molecule has 0 bridgehead atoms. The van der Waals surface area contributed by atoms with Crippen LogP contribution in [0.25, 0.3) is 0 Å². The van der Waals surface area contributed by atoms with Gasteiger partial charge in [0.25, 0.3) is 0 Å². The van der Waals surface area contributed by atoms with Crippen LogP contribution >= 0.6 is 0 Å². The van der Waals surface area contributed by atoms with Crippen LogP contribution in [0.3, 0.4) is 0 Å². The number of carbonyl (C=O) groups is 1. The summed E-state index contributed by atoms with van der Waals surface area (Å²) in [6.07, 6.45) is 0. The third-order valence-corrected chi connectivity index (χ3v) is 3.44. The Labute approximate surface area is 130 Å². The smallest absolute Gasteiger partial charge is 0.316 e. The number of rotatable bonds is 6. The van der Waals surface area contributed by atoms with Crippen LogP contribution in [0.1, 0.15) is 17.0 Å². The first kappa shape index (κ1) is 15.9. The molecule has 22 heavy (non-hydrogen) atoms. The SMILES string of the molecule is COC(=O)C(COc1ccc(C)cc1)c1ccc(OC)cc1. The highest BCUT2D eigenvalue weighted by Gasteiger charge is 2.22. The van der Waals surface area contributed by atoms with E-state index in [1.165, 1.54) is 7.11 Å². The molecule has 0 aromatic heterocycles. The number of carbonyl (C=O) groups excluding carboxylic acids is 1. The van der Waals surface area contributed by atoms with Crippen molar-refractivity contribution in [1.29, 1.82) is 0 Å². The van der Waals surface area contributed by atoms with E-state index in [4.69, 9.17) is 14.2 Å². The van der Waals surface area contributed by atoms with Crippen molar-refractivity contribution in [2.45, 2.75) is 12.8 Å². The van der Waals surface area contributed by atoms with E-state index >= 15 is 0 Å². The van der Waals surface area contributed by atoms with Crippen LogP contribution in [0, 0.1) is 6.92 Å². The zero-order valence-corrected chi connectivity index (χ0v) is 13.0. The number of benzene rings is 2. The number of ether oxygens (including phenoxy) is 3. The molecular weight excluding hydrogens is 280 g/mol. The van der Waals surface area contributed by atoms with E-state index < -0.39 is 5.92 Å². The first-order valence-electron chi connectivity index (χ1n) is 7.05. The van der Waals surface area contributed by atoms with Gasteiger partial charge in [0.1, 0.15) is 24.0 Å². The van der Waals surface area contributed by atoms with Gasteiger partial charge in [0.15, 0.2) is 0 Å². The number of aryl methyl sites for hydroxylation is 1. The summed E-state index contributed by atoms with van der Waals surface area (Å²) in [5, 5.41) is 0. The predicted octanol–water partition coefficient (Wildman–Crippen LogP) is 3.34. The third kappa shape index (κ3) is 4.01. The van der Waals surface area contributed by atoms with Crippen molar-refractivity contribution in [2.24, 2.45) is 0 Å². The summed E-state index contributed by atoms with van der Waals surface area (Å²) in [5.74, 6) is 0.675. The van der Waals surface area contributed by atoms with Gasteiger partial charge >= 0.3 is 5.97 Å². The highest BCUT2D eigenvalue weighted by molar-refractivity contribution is 5.78. The molecule has 2 rings (SSSR count). The zero-order valence-electron chi connectivity index (χ0n) is 13.0. The monoisotopic (exact) mass is 300 g/mol. The fraction of sp³-hybridized carbons (Fsp3) is 0.278. The average molecular weight is 300 g/mol. The second-order valence-electron chi connectivity index (χ2n) is 4.97. The lowest BCUT2D eigenvalue weighted by atomic mass is 10.00. The summed E-state index contributed by atoms with van der Waals surface area (Å²) in [4.78, 5) is 12.0. The van der Waals surface area contributed by atoms with Gasteiger partial charge in [-0.2, -0.15) is 0 Å². The number of esters is 1. The molecule has 0 spiro atoms. The van der Waals surface area contributed by atoms with Gasteiger partial charge in [-0.05, 0) is 36.8 Å². The van der Waals surface area contributed by atoms with Crippen molar-refractivity contribution in [2.75, 3.05) is 20.8 Å². The van der Waals surface area contributed by atoms with E-state index in [0.29, 0.717) is 0 Å². The quantitative estimate of drug-likeness (QED) is 0.768. The van der Waals surface area contributed by atoms with Crippen molar-refractivity contribution >= 4 is 5.97 Å². The number of hydrogen-bond acceptors (Lipinski definition) is 4. The normalized spacial score (nSPS) is 11.6. The molecule has 4 heteroatoms. The van der Waals surface area contributed by atoms with E-state index in [-0.39, 0.29) is 12.6 Å². The van der Waals surface area contributed by atoms with Crippen molar-refractivity contribution in [1.82, 2.24) is 0 Å². The number of methoxy groups -OCH3 is 2. The first-order chi connectivity index (χ1) is 10.6. The molecule has 4 nitrogen and oxygen atoms in total. The van der Waals surface area contributed by atoms with Crippen LogP contribution in [0.5, 0.6) is 11.5 Å². The summed E-state index contributed by atoms with van der Waals surface area (Å²) >= 11 is 0. The lowest BCUT2D eigenvalue weighted by molar-refractivity contribution is -0.143. The Morgan fingerprint density at radius 1 is 0.955 bits per heavy atom. The lowest BCUT2D eigenvalue weighted by Crippen LogP contribution is -2.21. The van der Waals surface area contributed by atoms with Crippen LogP contribution in [-0.2, 0) is 9.53 Å². The molecule has 0 heterocycles. The highest BCUT2D eigenvalue weighted by Crippen LogP contribution is 2.22. The maximum atomic E-state index is 12.0. The van der Waals surface area contributed by atoms with Gasteiger partial charge in [0, 0.05) is 0 Å². The summed E-state index contributed by atoms with van der Waals surface area (Å²) in [7, 11) is 2.98. The molecule has 0 N–H and O–H groups in total. The maximum Gasteiger partial charge on any atom is 0.316 e. The molecule has 1 atom stereocenters. The molecule has 0 aliphatic heterocycles. The van der Waals surface area contributed by atoms with Gasteiger partial charge in [0.05, 0.1) is 14.2 Å². The summed E-state index contributed by atoms with van der Waals surface area (Å²) < 4.78 is 15.7. The fourth-order valence-corrected chi connectivity index (χ4v) is 2.09.